The summed E-state index contributed by atoms with van der Waals surface area (Å²) in [7, 11) is 0. The fourth-order valence-electron chi connectivity index (χ4n) is 3.43. The van der Waals surface area contributed by atoms with E-state index in [4.69, 9.17) is 4.74 Å². The Balaban J connectivity index is 1.39. The van der Waals surface area contributed by atoms with Crippen LogP contribution in [-0.2, 0) is 10.5 Å². The highest BCUT2D eigenvalue weighted by atomic mass is 32.2. The molecule has 0 aliphatic carbocycles. The molecule has 1 aromatic carbocycles. The van der Waals surface area contributed by atoms with E-state index in [2.05, 4.69) is 20.2 Å². The van der Waals surface area contributed by atoms with Gasteiger partial charge < -0.3 is 9.64 Å². The van der Waals surface area contributed by atoms with Crippen LogP contribution in [0.2, 0.25) is 0 Å². The molecular weight excluding hydrogens is 463 g/mol. The van der Waals surface area contributed by atoms with E-state index in [1.807, 2.05) is 6.07 Å². The Bertz CT molecular complexity index is 1260. The number of carbonyl (C=O) groups excluding carboxylic acids is 1. The number of ether oxygens (including phenoxy) is 1. The molecule has 4 heterocycles. The van der Waals surface area contributed by atoms with Crippen molar-refractivity contribution in [3.05, 3.63) is 70.7 Å². The van der Waals surface area contributed by atoms with E-state index < -0.39 is 0 Å². The summed E-state index contributed by atoms with van der Waals surface area (Å²) in [5.74, 6) is 0.509. The van der Waals surface area contributed by atoms with Crippen molar-refractivity contribution in [2.75, 3.05) is 26.3 Å². The monoisotopic (exact) mass is 482 g/mol. The van der Waals surface area contributed by atoms with Crippen LogP contribution >= 0.6 is 23.1 Å². The van der Waals surface area contributed by atoms with Crippen LogP contribution in [0, 0.1) is 5.82 Å². The molecule has 3 aromatic heterocycles. The minimum atomic E-state index is -0.378. The van der Waals surface area contributed by atoms with Gasteiger partial charge in [0, 0.05) is 36.4 Å². The molecule has 168 valence electrons. The molecule has 1 aliphatic rings. The number of hydrogen-bond donors (Lipinski definition) is 0. The number of hydrogen-bond acceptors (Lipinski definition) is 8. The lowest BCUT2D eigenvalue weighted by atomic mass is 10.2. The number of rotatable bonds is 6. The topological polar surface area (TPSA) is 86.0 Å². The first-order valence-electron chi connectivity index (χ1n) is 10.3. The SMILES string of the molecule is O=C(c1csc(CSc2nnc(-c3cccnc3)n2-c2ccccc2F)n1)N1CCOCC1. The van der Waals surface area contributed by atoms with Gasteiger partial charge in [-0.05, 0) is 24.3 Å². The Kier molecular flexibility index (Phi) is 6.42. The number of thiazole rings is 1. The zero-order valence-corrected chi connectivity index (χ0v) is 19.1. The summed E-state index contributed by atoms with van der Waals surface area (Å²) in [6.07, 6.45) is 3.33. The van der Waals surface area contributed by atoms with E-state index in [1.165, 1.54) is 29.2 Å². The molecule has 0 radical (unpaired) electrons. The van der Waals surface area contributed by atoms with E-state index in [-0.39, 0.29) is 11.7 Å². The molecule has 0 atom stereocenters. The normalized spacial score (nSPS) is 13.9. The zero-order chi connectivity index (χ0) is 22.6. The Morgan fingerprint density at radius 2 is 2.00 bits per heavy atom. The molecule has 0 bridgehead atoms. The molecule has 0 N–H and O–H groups in total. The van der Waals surface area contributed by atoms with Crippen molar-refractivity contribution in [2.24, 2.45) is 0 Å². The first-order valence-corrected chi connectivity index (χ1v) is 12.1. The lowest BCUT2D eigenvalue weighted by Gasteiger charge is -2.25. The number of thioether (sulfide) groups is 1. The van der Waals surface area contributed by atoms with Gasteiger partial charge in [-0.15, -0.1) is 21.5 Å². The Labute approximate surface area is 197 Å². The Hall–Kier alpha value is -3.15. The highest BCUT2D eigenvalue weighted by Crippen LogP contribution is 2.31. The van der Waals surface area contributed by atoms with Crippen LogP contribution in [0.3, 0.4) is 0 Å². The number of amides is 1. The van der Waals surface area contributed by atoms with Gasteiger partial charge in [-0.1, -0.05) is 23.9 Å². The number of halogens is 1. The predicted octanol–water partition coefficient (Wildman–Crippen LogP) is 3.69. The van der Waals surface area contributed by atoms with Gasteiger partial charge >= 0.3 is 0 Å². The average molecular weight is 483 g/mol. The number of benzene rings is 1. The molecule has 8 nitrogen and oxygen atoms in total. The van der Waals surface area contributed by atoms with Crippen LogP contribution in [0.15, 0.2) is 59.3 Å². The van der Waals surface area contributed by atoms with Gasteiger partial charge in [0.05, 0.1) is 24.7 Å². The van der Waals surface area contributed by atoms with Crippen molar-refractivity contribution in [1.82, 2.24) is 29.6 Å². The summed E-state index contributed by atoms with van der Waals surface area (Å²) in [5.41, 5.74) is 1.52. The lowest BCUT2D eigenvalue weighted by Crippen LogP contribution is -2.40. The smallest absolute Gasteiger partial charge is 0.273 e. The van der Waals surface area contributed by atoms with Crippen molar-refractivity contribution in [1.29, 1.82) is 0 Å². The minimum Gasteiger partial charge on any atom is -0.378 e. The second-order valence-corrected chi connectivity index (χ2v) is 9.04. The van der Waals surface area contributed by atoms with Crippen LogP contribution in [0.5, 0.6) is 0 Å². The fraction of sp³-hybridized carbons (Fsp3) is 0.227. The summed E-state index contributed by atoms with van der Waals surface area (Å²) in [5, 5.41) is 11.7. The Morgan fingerprint density at radius 3 is 2.79 bits per heavy atom. The molecule has 1 amide bonds. The van der Waals surface area contributed by atoms with E-state index in [0.29, 0.717) is 54.4 Å². The van der Waals surface area contributed by atoms with Gasteiger partial charge in [-0.3, -0.25) is 14.3 Å². The third kappa shape index (κ3) is 4.65. The van der Waals surface area contributed by atoms with Crippen molar-refractivity contribution >= 4 is 29.0 Å². The molecule has 1 aliphatic heterocycles. The van der Waals surface area contributed by atoms with Gasteiger partial charge in [-0.2, -0.15) is 0 Å². The molecule has 11 heteroatoms. The maximum atomic E-state index is 14.7. The highest BCUT2D eigenvalue weighted by molar-refractivity contribution is 7.98. The second-order valence-electron chi connectivity index (χ2n) is 7.15. The Morgan fingerprint density at radius 1 is 1.15 bits per heavy atom. The molecule has 1 saturated heterocycles. The first kappa shape index (κ1) is 21.7. The summed E-state index contributed by atoms with van der Waals surface area (Å²) in [6, 6.07) is 10.1. The third-order valence-electron chi connectivity index (χ3n) is 5.04. The molecule has 4 aromatic rings. The minimum absolute atomic E-state index is 0.0841. The number of aromatic nitrogens is 5. The number of pyridine rings is 1. The average Bonchev–Trinajstić information content (AvgIpc) is 3.51. The van der Waals surface area contributed by atoms with E-state index in [1.54, 1.807) is 51.5 Å². The molecule has 0 spiro atoms. The molecule has 0 saturated carbocycles. The predicted molar refractivity (Wildman–Crippen MR) is 123 cm³/mol. The van der Waals surface area contributed by atoms with Crippen LogP contribution in [0.4, 0.5) is 4.39 Å². The van der Waals surface area contributed by atoms with Crippen molar-refractivity contribution in [2.45, 2.75) is 10.9 Å². The maximum Gasteiger partial charge on any atom is 0.273 e. The summed E-state index contributed by atoms with van der Waals surface area (Å²) < 4.78 is 21.7. The molecular formula is C22H19FN6O2S2. The van der Waals surface area contributed by atoms with Gasteiger partial charge in [-0.25, -0.2) is 9.37 Å². The number of morpholine rings is 1. The fourth-order valence-corrected chi connectivity index (χ4v) is 5.16. The second kappa shape index (κ2) is 9.77. The largest absolute Gasteiger partial charge is 0.378 e. The van der Waals surface area contributed by atoms with Crippen LogP contribution < -0.4 is 0 Å². The first-order chi connectivity index (χ1) is 16.2. The van der Waals surface area contributed by atoms with E-state index in [9.17, 15) is 9.18 Å². The summed E-state index contributed by atoms with van der Waals surface area (Å²) in [6.45, 7) is 2.24. The quantitative estimate of drug-likeness (QED) is 0.388. The zero-order valence-electron chi connectivity index (χ0n) is 17.4. The van der Waals surface area contributed by atoms with Gasteiger partial charge in [0.15, 0.2) is 11.0 Å². The lowest BCUT2D eigenvalue weighted by molar-refractivity contribution is 0.0299. The highest BCUT2D eigenvalue weighted by Gasteiger charge is 2.22. The van der Waals surface area contributed by atoms with Crippen molar-refractivity contribution in [3.63, 3.8) is 0 Å². The van der Waals surface area contributed by atoms with Crippen LogP contribution in [0.1, 0.15) is 15.5 Å². The number of para-hydroxylation sites is 1. The van der Waals surface area contributed by atoms with E-state index in [0.717, 1.165) is 10.6 Å². The number of carbonyl (C=O) groups is 1. The van der Waals surface area contributed by atoms with Crippen molar-refractivity contribution < 1.29 is 13.9 Å². The van der Waals surface area contributed by atoms with E-state index >= 15 is 0 Å². The van der Waals surface area contributed by atoms with Gasteiger partial charge in [0.1, 0.15) is 16.5 Å². The van der Waals surface area contributed by atoms with Gasteiger partial charge in [0.25, 0.3) is 5.91 Å². The maximum absolute atomic E-state index is 14.7. The van der Waals surface area contributed by atoms with Gasteiger partial charge in [0.2, 0.25) is 0 Å². The standard InChI is InChI=1S/C22H19FN6O2S2/c23-16-5-1-2-6-18(16)29-20(15-4-3-7-24-12-15)26-27-22(29)33-14-19-25-17(13-32-19)21(30)28-8-10-31-11-9-28/h1-7,12-13H,8-11,14H2. The third-order valence-corrected chi connectivity index (χ3v) is 7.01. The molecule has 33 heavy (non-hydrogen) atoms. The number of nitrogens with zero attached hydrogens (tertiary/aromatic N) is 6. The molecule has 0 unspecified atom stereocenters. The van der Waals surface area contributed by atoms with Crippen LogP contribution in [0.25, 0.3) is 17.1 Å². The molecule has 5 rings (SSSR count). The summed E-state index contributed by atoms with van der Waals surface area (Å²) >= 11 is 2.80. The summed E-state index contributed by atoms with van der Waals surface area (Å²) in [4.78, 5) is 23.1. The molecule has 1 fully saturated rings. The van der Waals surface area contributed by atoms with Crippen molar-refractivity contribution in [3.8, 4) is 17.1 Å². The van der Waals surface area contributed by atoms with Crippen LogP contribution in [-0.4, -0.2) is 61.8 Å².